The molecule has 0 radical (unpaired) electrons. The van der Waals surface area contributed by atoms with Gasteiger partial charge < -0.3 is 16.0 Å². The van der Waals surface area contributed by atoms with E-state index in [1.54, 1.807) is 0 Å². The first kappa shape index (κ1) is 14.2. The van der Waals surface area contributed by atoms with Crippen molar-refractivity contribution in [3.05, 3.63) is 23.8 Å². The van der Waals surface area contributed by atoms with Crippen LogP contribution in [-0.2, 0) is 0 Å². The predicted octanol–water partition coefficient (Wildman–Crippen LogP) is 3.22. The molecule has 3 rings (SSSR count). The van der Waals surface area contributed by atoms with E-state index in [1.807, 2.05) is 18.2 Å². The van der Waals surface area contributed by atoms with Gasteiger partial charge in [0.1, 0.15) is 0 Å². The molecule has 1 atom stereocenters. The second-order valence-corrected chi connectivity index (χ2v) is 6.27. The van der Waals surface area contributed by atoms with Gasteiger partial charge in [-0.2, -0.15) is 0 Å². The number of hydrogen-bond donors (Lipinski definition) is 3. The molecule has 0 spiro atoms. The Bertz CT molecular complexity index is 509. The minimum absolute atomic E-state index is 0.0447. The maximum absolute atomic E-state index is 12.4. The minimum Gasteiger partial charge on any atom is -0.382 e. The maximum Gasteiger partial charge on any atom is 0.251 e. The number of carbonyl (C=O) groups excluding carboxylic acids is 1. The first-order chi connectivity index (χ1) is 10.2. The van der Waals surface area contributed by atoms with Crippen LogP contribution in [0.15, 0.2) is 18.2 Å². The third-order valence-electron chi connectivity index (χ3n) is 4.75. The van der Waals surface area contributed by atoms with Crippen LogP contribution in [0.1, 0.15) is 49.4 Å². The number of carbonyl (C=O) groups is 1. The molecule has 1 heterocycles. The van der Waals surface area contributed by atoms with Crippen LogP contribution in [-0.4, -0.2) is 25.0 Å². The summed E-state index contributed by atoms with van der Waals surface area (Å²) in [6, 6.07) is 6.10. The summed E-state index contributed by atoms with van der Waals surface area (Å²) < 4.78 is 0. The van der Waals surface area contributed by atoms with E-state index in [0.717, 1.165) is 30.0 Å². The fourth-order valence-corrected chi connectivity index (χ4v) is 3.42. The van der Waals surface area contributed by atoms with Crippen LogP contribution in [0.4, 0.5) is 11.4 Å². The zero-order valence-electron chi connectivity index (χ0n) is 12.7. The lowest BCUT2D eigenvalue weighted by Crippen LogP contribution is -2.39. The van der Waals surface area contributed by atoms with Gasteiger partial charge in [-0.1, -0.05) is 19.3 Å². The Labute approximate surface area is 126 Å². The summed E-state index contributed by atoms with van der Waals surface area (Å²) in [5.74, 6) is 0.684. The largest absolute Gasteiger partial charge is 0.382 e. The molecule has 21 heavy (non-hydrogen) atoms. The number of amides is 1. The molecule has 1 aromatic rings. The van der Waals surface area contributed by atoms with Crippen molar-refractivity contribution >= 4 is 17.3 Å². The molecule has 1 saturated carbocycles. The molecule has 1 amide bonds. The molecule has 114 valence electrons. The molecule has 1 unspecified atom stereocenters. The SMILES string of the molecule is CC(NC(=O)c1ccc2c(c1)NCCN2)C1CCCCC1. The monoisotopic (exact) mass is 287 g/mol. The van der Waals surface area contributed by atoms with Crippen LogP contribution in [0.2, 0.25) is 0 Å². The number of benzene rings is 1. The summed E-state index contributed by atoms with van der Waals surface area (Å²) in [6.07, 6.45) is 6.45. The zero-order chi connectivity index (χ0) is 14.7. The van der Waals surface area contributed by atoms with Gasteiger partial charge in [0.15, 0.2) is 0 Å². The van der Waals surface area contributed by atoms with Crippen LogP contribution in [0, 0.1) is 5.92 Å². The molecule has 4 heteroatoms. The van der Waals surface area contributed by atoms with E-state index in [0.29, 0.717) is 5.92 Å². The second kappa shape index (κ2) is 6.37. The Kier molecular flexibility index (Phi) is 4.32. The van der Waals surface area contributed by atoms with E-state index in [1.165, 1.54) is 32.1 Å². The molecule has 0 aromatic heterocycles. The Morgan fingerprint density at radius 2 is 1.86 bits per heavy atom. The Balaban J connectivity index is 1.64. The molecular weight excluding hydrogens is 262 g/mol. The van der Waals surface area contributed by atoms with Crippen molar-refractivity contribution in [2.24, 2.45) is 5.92 Å². The number of rotatable bonds is 3. The first-order valence-corrected chi connectivity index (χ1v) is 8.17. The van der Waals surface area contributed by atoms with E-state index in [4.69, 9.17) is 0 Å². The molecule has 0 saturated heterocycles. The van der Waals surface area contributed by atoms with Gasteiger partial charge in [0, 0.05) is 24.7 Å². The normalized spacial score (nSPS) is 19.9. The predicted molar refractivity (Wildman–Crippen MR) is 86.9 cm³/mol. The van der Waals surface area contributed by atoms with Gasteiger partial charge in [-0.25, -0.2) is 0 Å². The van der Waals surface area contributed by atoms with Crippen molar-refractivity contribution in [2.45, 2.75) is 45.1 Å². The third-order valence-corrected chi connectivity index (χ3v) is 4.75. The standard InChI is InChI=1S/C17H25N3O/c1-12(13-5-3-2-4-6-13)20-17(21)14-7-8-15-16(11-14)19-10-9-18-15/h7-8,11-13,18-19H,2-6,9-10H2,1H3,(H,20,21). The van der Waals surface area contributed by atoms with Crippen molar-refractivity contribution in [3.8, 4) is 0 Å². The fourth-order valence-electron chi connectivity index (χ4n) is 3.42. The van der Waals surface area contributed by atoms with E-state index in [9.17, 15) is 4.79 Å². The molecule has 1 aromatic carbocycles. The average molecular weight is 287 g/mol. The molecule has 4 nitrogen and oxygen atoms in total. The summed E-state index contributed by atoms with van der Waals surface area (Å²) in [7, 11) is 0. The average Bonchev–Trinajstić information content (AvgIpc) is 2.55. The molecule has 1 aliphatic heterocycles. The summed E-state index contributed by atoms with van der Waals surface area (Å²) >= 11 is 0. The Hall–Kier alpha value is -1.71. The van der Waals surface area contributed by atoms with E-state index in [-0.39, 0.29) is 11.9 Å². The van der Waals surface area contributed by atoms with Gasteiger partial charge in [-0.15, -0.1) is 0 Å². The second-order valence-electron chi connectivity index (χ2n) is 6.27. The summed E-state index contributed by atoms with van der Waals surface area (Å²) in [5, 5.41) is 9.84. The topological polar surface area (TPSA) is 53.2 Å². The van der Waals surface area contributed by atoms with Crippen LogP contribution in [0.3, 0.4) is 0 Å². The van der Waals surface area contributed by atoms with Crippen molar-refractivity contribution in [3.63, 3.8) is 0 Å². The summed E-state index contributed by atoms with van der Waals surface area (Å²) in [5.41, 5.74) is 2.85. The maximum atomic E-state index is 12.4. The lowest BCUT2D eigenvalue weighted by molar-refractivity contribution is 0.0919. The zero-order valence-corrected chi connectivity index (χ0v) is 12.7. The van der Waals surface area contributed by atoms with Gasteiger partial charge in [-0.05, 0) is 43.9 Å². The quantitative estimate of drug-likeness (QED) is 0.800. The molecule has 1 aliphatic carbocycles. The van der Waals surface area contributed by atoms with Gasteiger partial charge in [0.2, 0.25) is 0 Å². The fraction of sp³-hybridized carbons (Fsp3) is 0.588. The van der Waals surface area contributed by atoms with Crippen molar-refractivity contribution in [1.82, 2.24) is 5.32 Å². The van der Waals surface area contributed by atoms with Crippen LogP contribution in [0.5, 0.6) is 0 Å². The number of nitrogens with one attached hydrogen (secondary N) is 3. The number of fused-ring (bicyclic) bond motifs is 1. The lowest BCUT2D eigenvalue weighted by atomic mass is 9.84. The highest BCUT2D eigenvalue weighted by molar-refractivity contribution is 5.96. The highest BCUT2D eigenvalue weighted by Gasteiger charge is 2.22. The Morgan fingerprint density at radius 1 is 1.14 bits per heavy atom. The van der Waals surface area contributed by atoms with Crippen molar-refractivity contribution < 1.29 is 4.79 Å². The van der Waals surface area contributed by atoms with E-state index < -0.39 is 0 Å². The van der Waals surface area contributed by atoms with Gasteiger partial charge in [0.05, 0.1) is 11.4 Å². The highest BCUT2D eigenvalue weighted by Crippen LogP contribution is 2.27. The van der Waals surface area contributed by atoms with Gasteiger partial charge in [0.25, 0.3) is 5.91 Å². The van der Waals surface area contributed by atoms with Crippen LogP contribution < -0.4 is 16.0 Å². The van der Waals surface area contributed by atoms with Crippen molar-refractivity contribution in [2.75, 3.05) is 23.7 Å². The van der Waals surface area contributed by atoms with Gasteiger partial charge >= 0.3 is 0 Å². The number of hydrogen-bond acceptors (Lipinski definition) is 3. The van der Waals surface area contributed by atoms with E-state index in [2.05, 4.69) is 22.9 Å². The highest BCUT2D eigenvalue weighted by atomic mass is 16.1. The van der Waals surface area contributed by atoms with Crippen LogP contribution >= 0.6 is 0 Å². The van der Waals surface area contributed by atoms with Gasteiger partial charge in [-0.3, -0.25) is 4.79 Å². The molecule has 2 aliphatic rings. The van der Waals surface area contributed by atoms with Crippen molar-refractivity contribution in [1.29, 1.82) is 0 Å². The van der Waals surface area contributed by atoms with Crippen LogP contribution in [0.25, 0.3) is 0 Å². The first-order valence-electron chi connectivity index (χ1n) is 8.17. The van der Waals surface area contributed by atoms with E-state index >= 15 is 0 Å². The Morgan fingerprint density at radius 3 is 2.62 bits per heavy atom. The minimum atomic E-state index is 0.0447. The molecular formula is C17H25N3O. The molecule has 3 N–H and O–H groups in total. The number of anilines is 2. The summed E-state index contributed by atoms with van der Waals surface area (Å²) in [6.45, 7) is 3.97. The molecule has 1 fully saturated rings. The smallest absolute Gasteiger partial charge is 0.251 e. The summed E-state index contributed by atoms with van der Waals surface area (Å²) in [4.78, 5) is 12.4. The lowest BCUT2D eigenvalue weighted by Gasteiger charge is -2.28. The third kappa shape index (κ3) is 3.31. The molecule has 0 bridgehead atoms.